The fourth-order valence-corrected chi connectivity index (χ4v) is 3.16. The van der Waals surface area contributed by atoms with E-state index in [0.29, 0.717) is 0 Å². The average Bonchev–Trinajstić information content (AvgIpc) is 2.62. The highest BCUT2D eigenvalue weighted by molar-refractivity contribution is 5.85. The molecule has 102 valence electrons. The van der Waals surface area contributed by atoms with Crippen molar-refractivity contribution in [2.75, 3.05) is 0 Å². The molecule has 19 heavy (non-hydrogen) atoms. The molecule has 0 spiro atoms. The van der Waals surface area contributed by atoms with Crippen LogP contribution in [-0.2, 0) is 19.3 Å². The zero-order chi connectivity index (χ0) is 13.2. The summed E-state index contributed by atoms with van der Waals surface area (Å²) in [5, 5.41) is 10.8. The van der Waals surface area contributed by atoms with Gasteiger partial charge in [-0.25, -0.2) is 0 Å². The summed E-state index contributed by atoms with van der Waals surface area (Å²) in [4.78, 5) is 3.40. The number of rotatable bonds is 3. The van der Waals surface area contributed by atoms with Crippen molar-refractivity contribution in [2.24, 2.45) is 0 Å². The number of aliphatic hydroxyl groups excluding tert-OH is 1. The Kier molecular flexibility index (Phi) is 3.61. The van der Waals surface area contributed by atoms with Crippen molar-refractivity contribution in [1.82, 2.24) is 4.98 Å². The average molecular weight is 257 g/mol. The Balaban J connectivity index is 1.96. The van der Waals surface area contributed by atoms with Crippen LogP contribution in [0.15, 0.2) is 18.3 Å². The van der Waals surface area contributed by atoms with Crippen LogP contribution in [-0.4, -0.2) is 16.2 Å². The Labute approximate surface area is 114 Å². The normalized spacial score (nSPS) is 17.2. The third-order valence-corrected chi connectivity index (χ3v) is 4.31. The van der Waals surface area contributed by atoms with Gasteiger partial charge in [-0.15, -0.1) is 0 Å². The van der Waals surface area contributed by atoms with Crippen molar-refractivity contribution in [3.8, 4) is 0 Å². The molecule has 2 N–H and O–H groups in total. The van der Waals surface area contributed by atoms with Gasteiger partial charge in [-0.05, 0) is 74.3 Å². The van der Waals surface area contributed by atoms with Crippen LogP contribution in [0.2, 0.25) is 0 Å². The van der Waals surface area contributed by atoms with Gasteiger partial charge in [0.2, 0.25) is 0 Å². The second kappa shape index (κ2) is 5.38. The molecule has 0 saturated heterocycles. The van der Waals surface area contributed by atoms with Gasteiger partial charge in [0.15, 0.2) is 0 Å². The Morgan fingerprint density at radius 2 is 1.89 bits per heavy atom. The van der Waals surface area contributed by atoms with Gasteiger partial charge in [0.1, 0.15) is 0 Å². The minimum atomic E-state index is -0.217. The monoisotopic (exact) mass is 257 g/mol. The number of aromatic amines is 1. The number of hydrogen-bond acceptors (Lipinski definition) is 1. The van der Waals surface area contributed by atoms with Crippen molar-refractivity contribution >= 4 is 10.9 Å². The van der Waals surface area contributed by atoms with Gasteiger partial charge in [-0.2, -0.15) is 0 Å². The van der Waals surface area contributed by atoms with Crippen molar-refractivity contribution in [2.45, 2.75) is 58.0 Å². The number of aromatic nitrogens is 1. The molecule has 0 aliphatic heterocycles. The molecule has 2 nitrogen and oxygen atoms in total. The molecule has 0 amide bonds. The third kappa shape index (κ3) is 2.69. The molecule has 0 radical (unpaired) electrons. The van der Waals surface area contributed by atoms with E-state index in [4.69, 9.17) is 0 Å². The fourth-order valence-electron chi connectivity index (χ4n) is 3.16. The van der Waals surface area contributed by atoms with Gasteiger partial charge < -0.3 is 10.1 Å². The Hall–Kier alpha value is -1.28. The van der Waals surface area contributed by atoms with Gasteiger partial charge in [-0.1, -0.05) is 6.42 Å². The summed E-state index contributed by atoms with van der Waals surface area (Å²) in [7, 11) is 0. The van der Waals surface area contributed by atoms with Crippen LogP contribution in [0.5, 0.6) is 0 Å². The fraction of sp³-hybridized carbons (Fsp3) is 0.529. The molecule has 1 atom stereocenters. The van der Waals surface area contributed by atoms with Gasteiger partial charge in [0.05, 0.1) is 6.10 Å². The molecule has 1 heterocycles. The first-order chi connectivity index (χ1) is 9.24. The van der Waals surface area contributed by atoms with Crippen LogP contribution in [0.4, 0.5) is 0 Å². The Bertz CT molecular complexity index is 568. The summed E-state index contributed by atoms with van der Waals surface area (Å²) < 4.78 is 0. The number of benzene rings is 1. The quantitative estimate of drug-likeness (QED) is 0.807. The van der Waals surface area contributed by atoms with Gasteiger partial charge in [0, 0.05) is 17.1 Å². The van der Waals surface area contributed by atoms with E-state index >= 15 is 0 Å². The van der Waals surface area contributed by atoms with Crippen LogP contribution >= 0.6 is 0 Å². The molecule has 1 unspecified atom stereocenters. The zero-order valence-electron chi connectivity index (χ0n) is 11.7. The number of aryl methyl sites for hydroxylation is 3. The van der Waals surface area contributed by atoms with Crippen molar-refractivity contribution in [3.63, 3.8) is 0 Å². The van der Waals surface area contributed by atoms with Gasteiger partial charge in [0.25, 0.3) is 0 Å². The topological polar surface area (TPSA) is 36.0 Å². The molecule has 3 rings (SSSR count). The molecule has 2 heteroatoms. The first kappa shape index (κ1) is 12.7. The maximum atomic E-state index is 9.44. The SMILES string of the molecule is CC(O)CCc1c[nH]c2cc3c(cc12)CCCCC3. The number of nitrogens with one attached hydrogen (secondary N) is 1. The standard InChI is InChI=1S/C17H23NO/c1-12(19)7-8-15-11-18-17-10-14-6-4-2-3-5-13(14)9-16(15)17/h9-12,18-19H,2-8H2,1H3. The predicted octanol–water partition coefficient (Wildman–Crippen LogP) is 3.75. The molecule has 1 aromatic heterocycles. The van der Waals surface area contributed by atoms with Crippen LogP contribution in [0.1, 0.15) is 49.3 Å². The summed E-state index contributed by atoms with van der Waals surface area (Å²) in [6.07, 6.45) is 10.2. The largest absolute Gasteiger partial charge is 0.393 e. The van der Waals surface area contributed by atoms with E-state index in [1.165, 1.54) is 54.1 Å². The van der Waals surface area contributed by atoms with Gasteiger partial charge >= 0.3 is 0 Å². The maximum Gasteiger partial charge on any atom is 0.0515 e. The van der Waals surface area contributed by atoms with E-state index in [1.54, 1.807) is 5.56 Å². The third-order valence-electron chi connectivity index (χ3n) is 4.31. The summed E-state index contributed by atoms with van der Waals surface area (Å²) in [6.45, 7) is 1.86. The summed E-state index contributed by atoms with van der Waals surface area (Å²) in [6, 6.07) is 4.74. The maximum absolute atomic E-state index is 9.44. The second-order valence-electron chi connectivity index (χ2n) is 5.93. The number of hydrogen-bond donors (Lipinski definition) is 2. The summed E-state index contributed by atoms with van der Waals surface area (Å²) in [5.41, 5.74) is 5.70. The number of fused-ring (bicyclic) bond motifs is 2. The van der Waals surface area contributed by atoms with E-state index < -0.39 is 0 Å². The highest BCUT2D eigenvalue weighted by atomic mass is 16.3. The summed E-state index contributed by atoms with van der Waals surface area (Å²) >= 11 is 0. The predicted molar refractivity (Wildman–Crippen MR) is 79.6 cm³/mol. The highest BCUT2D eigenvalue weighted by Crippen LogP contribution is 2.28. The molecular weight excluding hydrogens is 234 g/mol. The lowest BCUT2D eigenvalue weighted by Crippen LogP contribution is -2.01. The minimum absolute atomic E-state index is 0.217. The molecule has 0 fully saturated rings. The lowest BCUT2D eigenvalue weighted by Gasteiger charge is -2.07. The lowest BCUT2D eigenvalue weighted by atomic mass is 9.98. The molecule has 1 aliphatic rings. The second-order valence-corrected chi connectivity index (χ2v) is 5.93. The van der Waals surface area contributed by atoms with Crippen molar-refractivity contribution in [3.05, 3.63) is 35.0 Å². The van der Waals surface area contributed by atoms with Crippen LogP contribution in [0, 0.1) is 0 Å². The lowest BCUT2D eigenvalue weighted by molar-refractivity contribution is 0.185. The first-order valence-electron chi connectivity index (χ1n) is 7.54. The number of aliphatic hydroxyl groups is 1. The van der Waals surface area contributed by atoms with E-state index in [9.17, 15) is 5.11 Å². The molecule has 1 aliphatic carbocycles. The first-order valence-corrected chi connectivity index (χ1v) is 7.54. The zero-order valence-corrected chi connectivity index (χ0v) is 11.7. The molecule has 0 bridgehead atoms. The Morgan fingerprint density at radius 3 is 2.63 bits per heavy atom. The molecule has 2 aromatic rings. The highest BCUT2D eigenvalue weighted by Gasteiger charge is 2.12. The van der Waals surface area contributed by atoms with E-state index in [0.717, 1.165) is 12.8 Å². The molecular formula is C17H23NO. The van der Waals surface area contributed by atoms with Crippen molar-refractivity contribution in [1.29, 1.82) is 0 Å². The Morgan fingerprint density at radius 1 is 1.16 bits per heavy atom. The van der Waals surface area contributed by atoms with E-state index in [-0.39, 0.29) is 6.10 Å². The van der Waals surface area contributed by atoms with Crippen LogP contribution in [0.25, 0.3) is 10.9 Å². The van der Waals surface area contributed by atoms with Crippen molar-refractivity contribution < 1.29 is 5.11 Å². The van der Waals surface area contributed by atoms with E-state index in [1.807, 2.05) is 6.92 Å². The minimum Gasteiger partial charge on any atom is -0.393 e. The molecule has 0 saturated carbocycles. The van der Waals surface area contributed by atoms with E-state index in [2.05, 4.69) is 23.3 Å². The van der Waals surface area contributed by atoms with Crippen LogP contribution in [0.3, 0.4) is 0 Å². The smallest absolute Gasteiger partial charge is 0.0515 e. The molecule has 1 aromatic carbocycles. The van der Waals surface area contributed by atoms with Gasteiger partial charge in [-0.3, -0.25) is 0 Å². The summed E-state index contributed by atoms with van der Waals surface area (Å²) in [5.74, 6) is 0. The number of H-pyrrole nitrogens is 1. The van der Waals surface area contributed by atoms with Crippen LogP contribution < -0.4 is 0 Å².